The van der Waals surface area contributed by atoms with Gasteiger partial charge in [-0.25, -0.2) is 0 Å². The molecular weight excluding hydrogens is 256 g/mol. The molecular formula is C15H22N2O3. The van der Waals surface area contributed by atoms with Crippen LogP contribution in [0.4, 0.5) is 0 Å². The quantitative estimate of drug-likeness (QED) is 0.782. The molecule has 110 valence electrons. The van der Waals surface area contributed by atoms with E-state index in [1.54, 1.807) is 18.2 Å². The number of carbonyl (C=O) groups is 1. The fourth-order valence-corrected chi connectivity index (χ4v) is 2.68. The number of phenolic OH excluding ortho intramolecular Hbond substituents is 1. The molecule has 0 spiro atoms. The van der Waals surface area contributed by atoms with Gasteiger partial charge in [0.2, 0.25) is 0 Å². The molecule has 1 aromatic rings. The predicted molar refractivity (Wildman–Crippen MR) is 76.9 cm³/mol. The average molecular weight is 278 g/mol. The Hall–Kier alpha value is -1.75. The highest BCUT2D eigenvalue weighted by atomic mass is 16.5. The Bertz CT molecular complexity index is 476. The van der Waals surface area contributed by atoms with Crippen molar-refractivity contribution in [3.63, 3.8) is 0 Å². The maximum absolute atomic E-state index is 12.1. The van der Waals surface area contributed by atoms with Crippen molar-refractivity contribution >= 4 is 5.91 Å². The molecule has 2 unspecified atom stereocenters. The molecule has 4 N–H and O–H groups in total. The number of aromatic hydroxyl groups is 1. The number of rotatable bonds is 4. The smallest absolute Gasteiger partial charge is 0.255 e. The minimum absolute atomic E-state index is 0.125. The van der Waals surface area contributed by atoms with Crippen LogP contribution in [0.1, 0.15) is 36.0 Å². The first kappa shape index (κ1) is 14.7. The van der Waals surface area contributed by atoms with E-state index < -0.39 is 0 Å². The molecule has 2 atom stereocenters. The molecule has 1 amide bonds. The van der Waals surface area contributed by atoms with Crippen LogP contribution in [0.15, 0.2) is 18.2 Å². The van der Waals surface area contributed by atoms with E-state index in [-0.39, 0.29) is 23.3 Å². The van der Waals surface area contributed by atoms with E-state index in [0.29, 0.717) is 18.2 Å². The molecule has 1 saturated carbocycles. The summed E-state index contributed by atoms with van der Waals surface area (Å²) in [6.07, 6.45) is 4.40. The average Bonchev–Trinajstić information content (AvgIpc) is 2.46. The van der Waals surface area contributed by atoms with Crippen LogP contribution >= 0.6 is 0 Å². The lowest BCUT2D eigenvalue weighted by Crippen LogP contribution is -2.41. The molecule has 0 heterocycles. The number of ether oxygens (including phenoxy) is 1. The van der Waals surface area contributed by atoms with Crippen LogP contribution in [-0.2, 0) is 0 Å². The summed E-state index contributed by atoms with van der Waals surface area (Å²) in [4.78, 5) is 12.1. The van der Waals surface area contributed by atoms with Crippen LogP contribution in [0.25, 0.3) is 0 Å². The SMILES string of the molecule is COc1cccc(C(=O)NCC2CCCCC2N)c1O. The van der Waals surface area contributed by atoms with Gasteiger partial charge in [-0.1, -0.05) is 18.9 Å². The normalized spacial score (nSPS) is 22.3. The zero-order valence-corrected chi connectivity index (χ0v) is 11.8. The van der Waals surface area contributed by atoms with Crippen LogP contribution in [0.5, 0.6) is 11.5 Å². The lowest BCUT2D eigenvalue weighted by Gasteiger charge is -2.28. The number of hydrogen-bond donors (Lipinski definition) is 3. The number of benzene rings is 1. The Morgan fingerprint density at radius 2 is 2.20 bits per heavy atom. The summed E-state index contributed by atoms with van der Waals surface area (Å²) in [5.74, 6) is 0.201. The fourth-order valence-electron chi connectivity index (χ4n) is 2.68. The molecule has 2 rings (SSSR count). The van der Waals surface area contributed by atoms with Gasteiger partial charge in [0.15, 0.2) is 11.5 Å². The molecule has 0 bridgehead atoms. The molecule has 20 heavy (non-hydrogen) atoms. The second kappa shape index (κ2) is 6.61. The van der Waals surface area contributed by atoms with Crippen molar-refractivity contribution < 1.29 is 14.6 Å². The van der Waals surface area contributed by atoms with Crippen LogP contribution in [0, 0.1) is 5.92 Å². The first-order chi connectivity index (χ1) is 9.63. The summed E-state index contributed by atoms with van der Waals surface area (Å²) in [6, 6.07) is 5.03. The van der Waals surface area contributed by atoms with E-state index in [1.807, 2.05) is 0 Å². The molecule has 1 aromatic carbocycles. The Balaban J connectivity index is 1.98. The van der Waals surface area contributed by atoms with Crippen molar-refractivity contribution in [1.82, 2.24) is 5.32 Å². The van der Waals surface area contributed by atoms with Gasteiger partial charge in [-0.15, -0.1) is 0 Å². The van der Waals surface area contributed by atoms with Crippen LogP contribution in [-0.4, -0.2) is 30.7 Å². The number of para-hydroxylation sites is 1. The lowest BCUT2D eigenvalue weighted by molar-refractivity contribution is 0.0938. The summed E-state index contributed by atoms with van der Waals surface area (Å²) in [6.45, 7) is 0.552. The van der Waals surface area contributed by atoms with Crippen molar-refractivity contribution in [3.8, 4) is 11.5 Å². The Kier molecular flexibility index (Phi) is 4.84. The highest BCUT2D eigenvalue weighted by Crippen LogP contribution is 2.29. The van der Waals surface area contributed by atoms with Gasteiger partial charge in [0.1, 0.15) is 0 Å². The summed E-state index contributed by atoms with van der Waals surface area (Å²) < 4.78 is 5.00. The Labute approximate surface area is 119 Å². The molecule has 1 aliphatic rings. The van der Waals surface area contributed by atoms with E-state index in [4.69, 9.17) is 10.5 Å². The van der Waals surface area contributed by atoms with Crippen molar-refractivity contribution in [2.75, 3.05) is 13.7 Å². The highest BCUT2D eigenvalue weighted by Gasteiger charge is 2.23. The molecule has 0 saturated heterocycles. The zero-order chi connectivity index (χ0) is 14.5. The first-order valence-electron chi connectivity index (χ1n) is 7.03. The van der Waals surface area contributed by atoms with Crippen LogP contribution in [0.3, 0.4) is 0 Å². The summed E-state index contributed by atoms with van der Waals surface area (Å²) in [5.41, 5.74) is 6.29. The largest absolute Gasteiger partial charge is 0.504 e. The number of methoxy groups -OCH3 is 1. The maximum Gasteiger partial charge on any atom is 0.255 e. The third-order valence-electron chi connectivity index (χ3n) is 3.96. The fraction of sp³-hybridized carbons (Fsp3) is 0.533. The minimum Gasteiger partial charge on any atom is -0.504 e. The van der Waals surface area contributed by atoms with E-state index >= 15 is 0 Å². The number of phenols is 1. The van der Waals surface area contributed by atoms with Gasteiger partial charge < -0.3 is 20.9 Å². The summed E-state index contributed by atoms with van der Waals surface area (Å²) >= 11 is 0. The zero-order valence-electron chi connectivity index (χ0n) is 11.8. The lowest BCUT2D eigenvalue weighted by atomic mass is 9.85. The predicted octanol–water partition coefficient (Wildman–Crippen LogP) is 1.65. The van der Waals surface area contributed by atoms with Gasteiger partial charge in [-0.3, -0.25) is 4.79 Å². The standard InChI is InChI=1S/C15H22N2O3/c1-20-13-8-4-6-11(14(13)18)15(19)17-9-10-5-2-3-7-12(10)16/h4,6,8,10,12,18H,2-3,5,7,9,16H2,1H3,(H,17,19). The van der Waals surface area contributed by atoms with Gasteiger partial charge in [-0.2, -0.15) is 0 Å². The monoisotopic (exact) mass is 278 g/mol. The first-order valence-corrected chi connectivity index (χ1v) is 7.03. The number of nitrogens with two attached hydrogens (primary N) is 1. The molecule has 0 aromatic heterocycles. The van der Waals surface area contributed by atoms with E-state index in [1.165, 1.54) is 20.0 Å². The van der Waals surface area contributed by atoms with Crippen molar-refractivity contribution in [2.45, 2.75) is 31.7 Å². The molecule has 5 heteroatoms. The van der Waals surface area contributed by atoms with Gasteiger partial charge in [0, 0.05) is 12.6 Å². The minimum atomic E-state index is -0.292. The third-order valence-corrected chi connectivity index (χ3v) is 3.96. The Morgan fingerprint density at radius 1 is 1.45 bits per heavy atom. The van der Waals surface area contributed by atoms with Crippen LogP contribution in [0.2, 0.25) is 0 Å². The second-order valence-electron chi connectivity index (χ2n) is 5.27. The van der Waals surface area contributed by atoms with Gasteiger partial charge >= 0.3 is 0 Å². The summed E-state index contributed by atoms with van der Waals surface area (Å²) in [7, 11) is 1.46. The molecule has 5 nitrogen and oxygen atoms in total. The number of nitrogens with one attached hydrogen (secondary N) is 1. The number of hydrogen-bond acceptors (Lipinski definition) is 4. The topological polar surface area (TPSA) is 84.6 Å². The third kappa shape index (κ3) is 3.22. The molecule has 1 aliphatic carbocycles. The highest BCUT2D eigenvalue weighted by molar-refractivity contribution is 5.97. The van der Waals surface area contributed by atoms with E-state index in [9.17, 15) is 9.90 Å². The number of amides is 1. The molecule has 0 aliphatic heterocycles. The van der Waals surface area contributed by atoms with Crippen LogP contribution < -0.4 is 15.8 Å². The molecule has 1 fully saturated rings. The number of carbonyl (C=O) groups excluding carboxylic acids is 1. The van der Waals surface area contributed by atoms with Gasteiger partial charge in [0.05, 0.1) is 12.7 Å². The van der Waals surface area contributed by atoms with Crippen molar-refractivity contribution in [3.05, 3.63) is 23.8 Å². The summed E-state index contributed by atoms with van der Waals surface area (Å²) in [5, 5.41) is 12.8. The van der Waals surface area contributed by atoms with Gasteiger partial charge in [-0.05, 0) is 30.9 Å². The van der Waals surface area contributed by atoms with Crippen molar-refractivity contribution in [1.29, 1.82) is 0 Å². The van der Waals surface area contributed by atoms with E-state index in [0.717, 1.165) is 12.8 Å². The Morgan fingerprint density at radius 3 is 2.90 bits per heavy atom. The van der Waals surface area contributed by atoms with E-state index in [2.05, 4.69) is 5.32 Å². The van der Waals surface area contributed by atoms with Gasteiger partial charge in [0.25, 0.3) is 5.91 Å². The molecule has 0 radical (unpaired) electrons. The maximum atomic E-state index is 12.1. The second-order valence-corrected chi connectivity index (χ2v) is 5.27. The van der Waals surface area contributed by atoms with Crippen molar-refractivity contribution in [2.24, 2.45) is 11.7 Å².